The van der Waals surface area contributed by atoms with Crippen molar-refractivity contribution in [3.63, 3.8) is 0 Å². The largest absolute Gasteiger partial charge is 0.417 e. The molecular formula is C12H16Cl3F5N4O. The van der Waals surface area contributed by atoms with Crippen molar-refractivity contribution in [1.82, 2.24) is 10.3 Å². The van der Waals surface area contributed by atoms with Gasteiger partial charge in [0.15, 0.2) is 0 Å². The van der Waals surface area contributed by atoms with Gasteiger partial charge in [-0.05, 0) is 6.07 Å². The van der Waals surface area contributed by atoms with Crippen molar-refractivity contribution in [2.75, 3.05) is 25.0 Å². The minimum atomic E-state index is -4.57. The molecule has 4 N–H and O–H groups in total. The lowest BCUT2D eigenvalue weighted by Crippen LogP contribution is -2.41. The second-order valence-electron chi connectivity index (χ2n) is 4.57. The summed E-state index contributed by atoms with van der Waals surface area (Å²) in [5.41, 5.74) is 3.81. The number of alkyl halides is 5. The predicted octanol–water partition coefficient (Wildman–Crippen LogP) is 3.11. The van der Waals surface area contributed by atoms with Crippen molar-refractivity contribution in [3.8, 4) is 0 Å². The molecule has 5 nitrogen and oxygen atoms in total. The van der Waals surface area contributed by atoms with Crippen LogP contribution < -0.4 is 16.4 Å². The van der Waals surface area contributed by atoms with Gasteiger partial charge in [-0.25, -0.2) is 13.8 Å². The van der Waals surface area contributed by atoms with Gasteiger partial charge in [-0.2, -0.15) is 13.2 Å². The fourth-order valence-electron chi connectivity index (χ4n) is 1.41. The van der Waals surface area contributed by atoms with E-state index in [4.69, 9.17) is 17.3 Å². The average Bonchev–Trinajstić information content (AvgIpc) is 2.46. The summed E-state index contributed by atoms with van der Waals surface area (Å²) >= 11 is 5.65. The van der Waals surface area contributed by atoms with E-state index >= 15 is 0 Å². The number of nitrogens with zero attached hydrogens (tertiary/aromatic N) is 1. The monoisotopic (exact) mass is 432 g/mol. The number of carbonyl (C=O) groups is 1. The Morgan fingerprint density at radius 3 is 2.32 bits per heavy atom. The lowest BCUT2D eigenvalue weighted by Gasteiger charge is -2.14. The minimum Gasteiger partial charge on any atom is -0.368 e. The number of anilines is 1. The zero-order valence-corrected chi connectivity index (χ0v) is 14.9. The molecule has 0 aromatic carbocycles. The van der Waals surface area contributed by atoms with Gasteiger partial charge >= 0.3 is 6.18 Å². The molecule has 1 heterocycles. The summed E-state index contributed by atoms with van der Waals surface area (Å²) < 4.78 is 62.9. The maximum absolute atomic E-state index is 12.8. The third-order valence-electron chi connectivity index (χ3n) is 2.66. The van der Waals surface area contributed by atoms with Crippen LogP contribution in [-0.2, 0) is 11.0 Å². The van der Waals surface area contributed by atoms with Crippen molar-refractivity contribution >= 4 is 48.1 Å². The maximum atomic E-state index is 12.8. The van der Waals surface area contributed by atoms with Crippen LogP contribution in [0.5, 0.6) is 0 Å². The number of hydrogen-bond acceptors (Lipinski definition) is 4. The molecule has 0 bridgehead atoms. The molecule has 0 spiro atoms. The Kier molecular flexibility index (Phi) is 11.3. The molecule has 0 aliphatic carbocycles. The molecule has 1 aromatic heterocycles. The van der Waals surface area contributed by atoms with Crippen LogP contribution in [0, 0.1) is 0 Å². The summed E-state index contributed by atoms with van der Waals surface area (Å²) in [6, 6.07) is 0.693. The van der Waals surface area contributed by atoms with E-state index in [1.165, 1.54) is 0 Å². The highest BCUT2D eigenvalue weighted by Gasteiger charge is 2.31. The van der Waals surface area contributed by atoms with Crippen LogP contribution in [0.1, 0.15) is 12.0 Å². The molecule has 1 rings (SSSR count). The van der Waals surface area contributed by atoms with Crippen molar-refractivity contribution in [3.05, 3.63) is 22.8 Å². The topological polar surface area (TPSA) is 80.0 Å². The van der Waals surface area contributed by atoms with Gasteiger partial charge in [0.2, 0.25) is 5.91 Å². The second kappa shape index (κ2) is 10.8. The molecule has 0 unspecified atom stereocenters. The van der Waals surface area contributed by atoms with Gasteiger partial charge in [0.1, 0.15) is 5.82 Å². The van der Waals surface area contributed by atoms with Crippen molar-refractivity contribution in [2.24, 2.45) is 5.73 Å². The van der Waals surface area contributed by atoms with Crippen molar-refractivity contribution in [1.29, 1.82) is 0 Å². The first-order valence-corrected chi connectivity index (χ1v) is 6.74. The zero-order valence-electron chi connectivity index (χ0n) is 12.5. The predicted molar refractivity (Wildman–Crippen MR) is 88.9 cm³/mol. The van der Waals surface area contributed by atoms with E-state index in [-0.39, 0.29) is 48.6 Å². The molecule has 0 fully saturated rings. The lowest BCUT2D eigenvalue weighted by atomic mass is 10.2. The summed E-state index contributed by atoms with van der Waals surface area (Å²) in [7, 11) is 0. The molecular weight excluding hydrogens is 418 g/mol. The van der Waals surface area contributed by atoms with Crippen molar-refractivity contribution in [2.45, 2.75) is 18.5 Å². The molecule has 0 atom stereocenters. The molecule has 1 aromatic rings. The Balaban J connectivity index is 0. The van der Waals surface area contributed by atoms with Crippen LogP contribution in [0.3, 0.4) is 0 Å². The van der Waals surface area contributed by atoms with Crippen LogP contribution in [-0.4, -0.2) is 36.4 Å². The number of nitrogens with two attached hydrogens (primary N) is 1. The first-order chi connectivity index (χ1) is 10.5. The second-order valence-corrected chi connectivity index (χ2v) is 4.97. The van der Waals surface area contributed by atoms with Crippen LogP contribution in [0.25, 0.3) is 0 Å². The van der Waals surface area contributed by atoms with E-state index < -0.39 is 36.7 Å². The van der Waals surface area contributed by atoms with Gasteiger partial charge in [-0.3, -0.25) is 4.79 Å². The molecule has 1 amide bonds. The number of nitrogens with one attached hydrogen (secondary N) is 2. The SMILES string of the molecule is Cl.Cl.NCC(F)(F)CNC(=O)CCNc1ncc(C(F)(F)F)cc1Cl. The van der Waals surface area contributed by atoms with Crippen LogP contribution in [0.4, 0.5) is 27.8 Å². The number of aromatic nitrogens is 1. The van der Waals surface area contributed by atoms with Crippen LogP contribution in [0.2, 0.25) is 5.02 Å². The van der Waals surface area contributed by atoms with Gasteiger partial charge in [0, 0.05) is 19.2 Å². The number of pyridine rings is 1. The minimum absolute atomic E-state index is 0. The highest BCUT2D eigenvalue weighted by atomic mass is 35.5. The number of carbonyl (C=O) groups excluding carboxylic acids is 1. The van der Waals surface area contributed by atoms with E-state index in [0.717, 1.165) is 0 Å². The first kappa shape index (κ1) is 26.1. The Labute approximate surface area is 157 Å². The lowest BCUT2D eigenvalue weighted by molar-refractivity contribution is -0.137. The number of amides is 1. The van der Waals surface area contributed by atoms with Crippen molar-refractivity contribution < 1.29 is 26.7 Å². The number of rotatable bonds is 7. The highest BCUT2D eigenvalue weighted by molar-refractivity contribution is 6.32. The summed E-state index contributed by atoms with van der Waals surface area (Å²) in [6.45, 7) is -1.82. The quantitative estimate of drug-likeness (QED) is 0.577. The van der Waals surface area contributed by atoms with E-state index in [1.54, 1.807) is 0 Å². The summed E-state index contributed by atoms with van der Waals surface area (Å²) in [5, 5.41) is 4.27. The first-order valence-electron chi connectivity index (χ1n) is 6.36. The number of halogens is 8. The van der Waals surface area contributed by atoms with Gasteiger partial charge in [0.25, 0.3) is 5.92 Å². The van der Waals surface area contributed by atoms with Crippen LogP contribution in [0.15, 0.2) is 12.3 Å². The summed E-state index contributed by atoms with van der Waals surface area (Å²) in [6.07, 6.45) is -4.17. The fraction of sp³-hybridized carbons (Fsp3) is 0.500. The molecule has 0 aliphatic heterocycles. The fourth-order valence-corrected chi connectivity index (χ4v) is 1.64. The Morgan fingerprint density at radius 1 is 1.24 bits per heavy atom. The van der Waals surface area contributed by atoms with Gasteiger partial charge < -0.3 is 16.4 Å². The molecule has 146 valence electrons. The van der Waals surface area contributed by atoms with E-state index in [1.807, 2.05) is 5.32 Å². The summed E-state index contributed by atoms with van der Waals surface area (Å²) in [4.78, 5) is 14.8. The van der Waals surface area contributed by atoms with Gasteiger partial charge in [0.05, 0.1) is 23.7 Å². The van der Waals surface area contributed by atoms with Gasteiger partial charge in [-0.1, -0.05) is 11.6 Å². The third-order valence-corrected chi connectivity index (χ3v) is 2.94. The highest BCUT2D eigenvalue weighted by Crippen LogP contribution is 2.32. The Bertz CT molecular complexity index is 560. The molecule has 0 radical (unpaired) electrons. The average molecular weight is 434 g/mol. The maximum Gasteiger partial charge on any atom is 0.417 e. The van der Waals surface area contributed by atoms with E-state index in [0.29, 0.717) is 12.3 Å². The molecule has 0 saturated carbocycles. The van der Waals surface area contributed by atoms with E-state index in [2.05, 4.69) is 10.3 Å². The Morgan fingerprint density at radius 2 is 1.84 bits per heavy atom. The molecule has 13 heteroatoms. The summed E-state index contributed by atoms with van der Waals surface area (Å²) in [5.74, 6) is -3.91. The van der Waals surface area contributed by atoms with E-state index in [9.17, 15) is 26.7 Å². The third kappa shape index (κ3) is 9.24. The molecule has 25 heavy (non-hydrogen) atoms. The van der Waals surface area contributed by atoms with Gasteiger partial charge in [-0.15, -0.1) is 24.8 Å². The molecule has 0 saturated heterocycles. The zero-order chi connectivity index (χ0) is 17.7. The smallest absolute Gasteiger partial charge is 0.368 e. The standard InChI is InChI=1S/C12H14ClF5N4O.2ClH/c13-8-3-7(12(16,17)18)4-21-10(8)20-2-1-9(23)22-6-11(14,15)5-19;;/h3-4H,1-2,5-6,19H2,(H,20,21)(H,22,23);2*1H. The normalized spacial score (nSPS) is 11.2. The number of hydrogen-bond donors (Lipinski definition) is 3. The van der Waals surface area contributed by atoms with Crippen LogP contribution >= 0.6 is 36.4 Å². The Hall–Kier alpha value is -1.10. The molecule has 0 aliphatic rings.